The van der Waals surface area contributed by atoms with Gasteiger partial charge in [0, 0.05) is 12.4 Å². The fourth-order valence-corrected chi connectivity index (χ4v) is 2.51. The molecule has 0 saturated heterocycles. The number of nitrogens with zero attached hydrogens (tertiary/aromatic N) is 1. The van der Waals surface area contributed by atoms with Crippen molar-refractivity contribution in [1.82, 2.24) is 4.98 Å². The van der Waals surface area contributed by atoms with Crippen LogP contribution in [0.3, 0.4) is 0 Å². The summed E-state index contributed by atoms with van der Waals surface area (Å²) in [4.78, 5) is 4.20. The van der Waals surface area contributed by atoms with Crippen LogP contribution in [0, 0.1) is 6.92 Å². The van der Waals surface area contributed by atoms with E-state index < -0.39 is 0 Å². The minimum absolute atomic E-state index is 0.690. The summed E-state index contributed by atoms with van der Waals surface area (Å²) in [5.74, 6) is 1.40. The minimum atomic E-state index is 0.690. The fourth-order valence-electron chi connectivity index (χ4n) is 2.51. The molecule has 2 atom stereocenters. The molecule has 1 nitrogen and oxygen atoms in total. The molecule has 0 unspecified atom stereocenters. The minimum Gasteiger partial charge on any atom is -0.264 e. The van der Waals surface area contributed by atoms with E-state index in [1.165, 1.54) is 23.1 Å². The zero-order chi connectivity index (χ0) is 11.0. The molecule has 1 fully saturated rings. The highest BCUT2D eigenvalue weighted by Crippen LogP contribution is 2.54. The number of aryl methyl sites for hydroxylation is 1. The Labute approximate surface area is 96.2 Å². The van der Waals surface area contributed by atoms with Crippen LogP contribution in [0.1, 0.15) is 34.9 Å². The van der Waals surface area contributed by atoms with Crippen molar-refractivity contribution < 1.29 is 0 Å². The average molecular weight is 209 g/mol. The number of pyridine rings is 1. The first-order valence-electron chi connectivity index (χ1n) is 5.81. The summed E-state index contributed by atoms with van der Waals surface area (Å²) in [6.07, 6.45) is 5.12. The lowest BCUT2D eigenvalue weighted by atomic mass is 10.0. The van der Waals surface area contributed by atoms with Crippen LogP contribution in [-0.2, 0) is 0 Å². The van der Waals surface area contributed by atoms with Crippen molar-refractivity contribution in [3.63, 3.8) is 0 Å². The summed E-state index contributed by atoms with van der Waals surface area (Å²) in [6, 6.07) is 12.9. The summed E-state index contributed by atoms with van der Waals surface area (Å²) in [5.41, 5.74) is 4.31. The molecule has 2 aromatic rings. The molecule has 1 aromatic heterocycles. The molecule has 1 aliphatic rings. The molecule has 1 heterocycles. The van der Waals surface area contributed by atoms with Gasteiger partial charge in [-0.25, -0.2) is 0 Å². The molecule has 0 amide bonds. The molecular weight excluding hydrogens is 194 g/mol. The third-order valence-electron chi connectivity index (χ3n) is 3.49. The predicted molar refractivity (Wildman–Crippen MR) is 65.5 cm³/mol. The molecule has 0 aliphatic heterocycles. The largest absolute Gasteiger partial charge is 0.264 e. The smallest absolute Gasteiger partial charge is 0.0302 e. The SMILES string of the molecule is Cc1ccccc1[C@@H]1C[C@H]1c1cccnc1. The van der Waals surface area contributed by atoms with Crippen LogP contribution in [0.4, 0.5) is 0 Å². The van der Waals surface area contributed by atoms with E-state index in [9.17, 15) is 0 Å². The summed E-state index contributed by atoms with van der Waals surface area (Å²) < 4.78 is 0. The van der Waals surface area contributed by atoms with Crippen LogP contribution < -0.4 is 0 Å². The molecule has 0 spiro atoms. The molecule has 1 heteroatoms. The van der Waals surface area contributed by atoms with Gasteiger partial charge in [0.1, 0.15) is 0 Å². The number of hydrogen-bond donors (Lipinski definition) is 0. The first kappa shape index (κ1) is 9.59. The fraction of sp³-hybridized carbons (Fsp3) is 0.267. The highest BCUT2D eigenvalue weighted by Gasteiger charge is 2.40. The second kappa shape index (κ2) is 3.75. The van der Waals surface area contributed by atoms with Crippen molar-refractivity contribution in [3.8, 4) is 0 Å². The maximum absolute atomic E-state index is 4.20. The second-order valence-corrected chi connectivity index (χ2v) is 4.59. The van der Waals surface area contributed by atoms with Gasteiger partial charge in [0.05, 0.1) is 0 Å². The van der Waals surface area contributed by atoms with E-state index in [0.717, 1.165) is 0 Å². The van der Waals surface area contributed by atoms with Crippen LogP contribution in [-0.4, -0.2) is 4.98 Å². The summed E-state index contributed by atoms with van der Waals surface area (Å²) >= 11 is 0. The van der Waals surface area contributed by atoms with Gasteiger partial charge in [-0.3, -0.25) is 4.98 Å². The van der Waals surface area contributed by atoms with Crippen molar-refractivity contribution >= 4 is 0 Å². The highest BCUT2D eigenvalue weighted by molar-refractivity contribution is 5.39. The van der Waals surface area contributed by atoms with Gasteiger partial charge in [0.25, 0.3) is 0 Å². The van der Waals surface area contributed by atoms with Gasteiger partial charge in [0.2, 0.25) is 0 Å². The van der Waals surface area contributed by atoms with Crippen LogP contribution in [0.5, 0.6) is 0 Å². The van der Waals surface area contributed by atoms with Crippen molar-refractivity contribution in [1.29, 1.82) is 0 Å². The molecule has 1 saturated carbocycles. The Morgan fingerprint density at radius 3 is 2.69 bits per heavy atom. The van der Waals surface area contributed by atoms with E-state index in [2.05, 4.69) is 42.2 Å². The van der Waals surface area contributed by atoms with E-state index in [1.807, 2.05) is 18.5 Å². The Morgan fingerprint density at radius 2 is 1.94 bits per heavy atom. The van der Waals surface area contributed by atoms with Gasteiger partial charge in [-0.15, -0.1) is 0 Å². The van der Waals surface area contributed by atoms with Gasteiger partial charge in [-0.2, -0.15) is 0 Å². The lowest BCUT2D eigenvalue weighted by Crippen LogP contribution is -1.88. The normalized spacial score (nSPS) is 23.1. The highest BCUT2D eigenvalue weighted by atomic mass is 14.6. The summed E-state index contributed by atoms with van der Waals surface area (Å²) in [7, 11) is 0. The van der Waals surface area contributed by atoms with Gasteiger partial charge in [-0.1, -0.05) is 30.3 Å². The van der Waals surface area contributed by atoms with Crippen LogP contribution in [0.2, 0.25) is 0 Å². The average Bonchev–Trinajstić information content (AvgIpc) is 3.11. The maximum Gasteiger partial charge on any atom is 0.0302 e. The predicted octanol–water partition coefficient (Wildman–Crippen LogP) is 3.66. The molecular formula is C15H15N. The Balaban J connectivity index is 1.85. The van der Waals surface area contributed by atoms with Crippen molar-refractivity contribution in [2.24, 2.45) is 0 Å². The standard InChI is InChI=1S/C15H15N/c1-11-5-2-3-7-13(11)15-9-14(15)12-6-4-8-16-10-12/h2-8,10,14-15H,9H2,1H3/t14-,15-/m0/s1. The van der Waals surface area contributed by atoms with Gasteiger partial charge in [0.15, 0.2) is 0 Å². The topological polar surface area (TPSA) is 12.9 Å². The molecule has 1 aliphatic carbocycles. The van der Waals surface area contributed by atoms with E-state index in [-0.39, 0.29) is 0 Å². The van der Waals surface area contributed by atoms with Gasteiger partial charge in [-0.05, 0) is 47.9 Å². The Bertz CT molecular complexity index is 490. The van der Waals surface area contributed by atoms with E-state index in [0.29, 0.717) is 11.8 Å². The van der Waals surface area contributed by atoms with E-state index in [4.69, 9.17) is 0 Å². The quantitative estimate of drug-likeness (QED) is 0.735. The van der Waals surface area contributed by atoms with Gasteiger partial charge >= 0.3 is 0 Å². The molecule has 1 aromatic carbocycles. The molecule has 3 rings (SSSR count). The monoisotopic (exact) mass is 209 g/mol. The molecule has 80 valence electrons. The van der Waals surface area contributed by atoms with Crippen molar-refractivity contribution in [3.05, 3.63) is 65.5 Å². The zero-order valence-corrected chi connectivity index (χ0v) is 9.43. The number of rotatable bonds is 2. The third kappa shape index (κ3) is 1.63. The Kier molecular flexibility index (Phi) is 2.24. The van der Waals surface area contributed by atoms with Crippen molar-refractivity contribution in [2.45, 2.75) is 25.2 Å². The molecule has 16 heavy (non-hydrogen) atoms. The first-order chi connectivity index (χ1) is 7.86. The zero-order valence-electron chi connectivity index (χ0n) is 9.43. The van der Waals surface area contributed by atoms with Crippen molar-refractivity contribution in [2.75, 3.05) is 0 Å². The Morgan fingerprint density at radius 1 is 1.06 bits per heavy atom. The lowest BCUT2D eigenvalue weighted by molar-refractivity contribution is 1.000. The molecule has 0 radical (unpaired) electrons. The molecule has 0 N–H and O–H groups in total. The first-order valence-corrected chi connectivity index (χ1v) is 5.81. The number of benzene rings is 1. The summed E-state index contributed by atoms with van der Waals surface area (Å²) in [6.45, 7) is 2.20. The summed E-state index contributed by atoms with van der Waals surface area (Å²) in [5, 5.41) is 0. The Hall–Kier alpha value is -1.63. The van der Waals surface area contributed by atoms with Crippen LogP contribution in [0.25, 0.3) is 0 Å². The van der Waals surface area contributed by atoms with E-state index >= 15 is 0 Å². The molecule has 0 bridgehead atoms. The van der Waals surface area contributed by atoms with Gasteiger partial charge < -0.3 is 0 Å². The van der Waals surface area contributed by atoms with Crippen LogP contribution >= 0.6 is 0 Å². The maximum atomic E-state index is 4.20. The third-order valence-corrected chi connectivity index (χ3v) is 3.49. The van der Waals surface area contributed by atoms with E-state index in [1.54, 1.807) is 0 Å². The number of aromatic nitrogens is 1. The van der Waals surface area contributed by atoms with Crippen LogP contribution in [0.15, 0.2) is 48.8 Å². The second-order valence-electron chi connectivity index (χ2n) is 4.59. The lowest BCUT2D eigenvalue weighted by Gasteiger charge is -2.04. The number of hydrogen-bond acceptors (Lipinski definition) is 1.